The molecule has 0 aliphatic heterocycles. The number of nitro groups is 1. The molecule has 0 bridgehead atoms. The lowest BCUT2D eigenvalue weighted by Gasteiger charge is -2.07. The fourth-order valence-electron chi connectivity index (χ4n) is 3.30. The lowest BCUT2D eigenvalue weighted by atomic mass is 10.0. The van der Waals surface area contributed by atoms with Crippen LogP contribution in [0.5, 0.6) is 17.2 Å². The average molecular weight is 426 g/mol. The molecule has 0 aliphatic rings. The topological polar surface area (TPSA) is 113 Å². The van der Waals surface area contributed by atoms with Crippen molar-refractivity contribution in [3.05, 3.63) is 58.3 Å². The van der Waals surface area contributed by atoms with Crippen LogP contribution in [0.4, 0.5) is 5.69 Å². The Labute approximate surface area is 178 Å². The van der Waals surface area contributed by atoms with Crippen molar-refractivity contribution in [1.29, 1.82) is 0 Å². The van der Waals surface area contributed by atoms with Gasteiger partial charge in [0, 0.05) is 17.3 Å². The monoisotopic (exact) mass is 426 g/mol. The van der Waals surface area contributed by atoms with Gasteiger partial charge in [0.05, 0.1) is 45.3 Å². The van der Waals surface area contributed by atoms with Gasteiger partial charge in [-0.15, -0.1) is 0 Å². The molecule has 0 radical (unpaired) electrons. The zero-order chi connectivity index (χ0) is 22.5. The van der Waals surface area contributed by atoms with Crippen molar-refractivity contribution in [2.75, 3.05) is 28.4 Å². The molecule has 9 heteroatoms. The summed E-state index contributed by atoms with van der Waals surface area (Å²) in [5, 5.41) is 12.2. The van der Waals surface area contributed by atoms with Crippen LogP contribution in [0.1, 0.15) is 5.69 Å². The van der Waals surface area contributed by atoms with Crippen LogP contribution in [-0.4, -0.2) is 44.3 Å². The van der Waals surface area contributed by atoms with E-state index in [0.29, 0.717) is 39.6 Å². The standard InChI is InChI=1S/C22H22N2O7/c1-28-15-7-5-13(6-8-15)20-18(12-19(25)31-4)23-21(22(20)24(26)27)14-9-16(29-2)11-17(10-14)30-3/h5-11,23H,12H2,1-4H3. The molecule has 0 amide bonds. The van der Waals surface area contributed by atoms with Gasteiger partial charge in [-0.25, -0.2) is 0 Å². The number of H-pyrrole nitrogens is 1. The molecular weight excluding hydrogens is 404 g/mol. The van der Waals surface area contributed by atoms with Gasteiger partial charge in [0.2, 0.25) is 0 Å². The number of ether oxygens (including phenoxy) is 4. The summed E-state index contributed by atoms with van der Waals surface area (Å²) >= 11 is 0. The van der Waals surface area contributed by atoms with Crippen molar-refractivity contribution < 1.29 is 28.7 Å². The number of carbonyl (C=O) groups excluding carboxylic acids is 1. The van der Waals surface area contributed by atoms with Crippen molar-refractivity contribution in [3.63, 3.8) is 0 Å². The van der Waals surface area contributed by atoms with E-state index in [9.17, 15) is 14.9 Å². The van der Waals surface area contributed by atoms with E-state index in [-0.39, 0.29) is 17.8 Å². The van der Waals surface area contributed by atoms with E-state index in [2.05, 4.69) is 4.98 Å². The zero-order valence-corrected chi connectivity index (χ0v) is 17.6. The first-order valence-electron chi connectivity index (χ1n) is 9.25. The van der Waals surface area contributed by atoms with E-state index in [1.165, 1.54) is 28.4 Å². The number of nitrogens with one attached hydrogen (secondary N) is 1. The third-order valence-corrected chi connectivity index (χ3v) is 4.80. The highest BCUT2D eigenvalue weighted by molar-refractivity contribution is 5.90. The number of nitrogens with zero attached hydrogens (tertiary/aromatic N) is 1. The summed E-state index contributed by atoms with van der Waals surface area (Å²) in [7, 11) is 5.78. The molecule has 31 heavy (non-hydrogen) atoms. The third-order valence-electron chi connectivity index (χ3n) is 4.80. The van der Waals surface area contributed by atoms with Crippen LogP contribution in [0.15, 0.2) is 42.5 Å². The number of benzene rings is 2. The first kappa shape index (κ1) is 21.7. The quantitative estimate of drug-likeness (QED) is 0.329. The summed E-state index contributed by atoms with van der Waals surface area (Å²) in [6.07, 6.45) is -0.167. The van der Waals surface area contributed by atoms with Crippen molar-refractivity contribution in [2.45, 2.75) is 6.42 Å². The first-order valence-corrected chi connectivity index (χ1v) is 9.25. The number of aromatic amines is 1. The maximum Gasteiger partial charge on any atom is 0.311 e. The molecular formula is C22H22N2O7. The minimum Gasteiger partial charge on any atom is -0.497 e. The molecule has 0 saturated heterocycles. The number of rotatable bonds is 8. The summed E-state index contributed by atoms with van der Waals surface area (Å²) in [5.74, 6) is 1.02. The Bertz CT molecular complexity index is 1080. The molecule has 0 spiro atoms. The molecule has 0 atom stereocenters. The van der Waals surface area contributed by atoms with Gasteiger partial charge in [-0.1, -0.05) is 12.1 Å². The molecule has 1 N–H and O–H groups in total. The first-order chi connectivity index (χ1) is 14.9. The van der Waals surface area contributed by atoms with Gasteiger partial charge in [0.15, 0.2) is 0 Å². The summed E-state index contributed by atoms with van der Waals surface area (Å²) in [6.45, 7) is 0. The highest BCUT2D eigenvalue weighted by atomic mass is 16.6. The third kappa shape index (κ3) is 4.45. The van der Waals surface area contributed by atoms with Crippen LogP contribution in [0, 0.1) is 10.1 Å². The lowest BCUT2D eigenvalue weighted by molar-refractivity contribution is -0.383. The molecule has 1 heterocycles. The minimum atomic E-state index is -0.527. The van der Waals surface area contributed by atoms with Crippen molar-refractivity contribution in [2.24, 2.45) is 0 Å². The predicted molar refractivity (Wildman–Crippen MR) is 114 cm³/mol. The van der Waals surface area contributed by atoms with Gasteiger partial charge in [-0.3, -0.25) is 14.9 Å². The van der Waals surface area contributed by atoms with E-state index < -0.39 is 10.9 Å². The maximum atomic E-state index is 12.2. The van der Waals surface area contributed by atoms with Crippen LogP contribution in [0.25, 0.3) is 22.4 Å². The molecule has 162 valence electrons. The fraction of sp³-hybridized carbons (Fsp3) is 0.227. The van der Waals surface area contributed by atoms with Crippen LogP contribution >= 0.6 is 0 Å². The van der Waals surface area contributed by atoms with E-state index >= 15 is 0 Å². The highest BCUT2D eigenvalue weighted by Gasteiger charge is 2.30. The number of hydrogen-bond acceptors (Lipinski definition) is 7. The number of aromatic nitrogens is 1. The molecule has 3 aromatic rings. The smallest absolute Gasteiger partial charge is 0.311 e. The average Bonchev–Trinajstić information content (AvgIpc) is 3.17. The summed E-state index contributed by atoms with van der Waals surface area (Å²) in [4.78, 5) is 26.8. The maximum absolute atomic E-state index is 12.2. The lowest BCUT2D eigenvalue weighted by Crippen LogP contribution is -2.06. The largest absolute Gasteiger partial charge is 0.497 e. The summed E-state index contributed by atoms with van der Waals surface area (Å²) in [6, 6.07) is 11.8. The van der Waals surface area contributed by atoms with Crippen LogP contribution in [-0.2, 0) is 16.0 Å². The number of methoxy groups -OCH3 is 4. The predicted octanol–water partition coefficient (Wildman–Crippen LogP) is 4.00. The number of esters is 1. The van der Waals surface area contributed by atoms with Gasteiger partial charge < -0.3 is 23.9 Å². The van der Waals surface area contributed by atoms with Crippen molar-refractivity contribution in [1.82, 2.24) is 4.98 Å². The molecule has 0 unspecified atom stereocenters. The van der Waals surface area contributed by atoms with Gasteiger partial charge in [0.1, 0.15) is 22.9 Å². The minimum absolute atomic E-state index is 0.167. The van der Waals surface area contributed by atoms with E-state index in [1.54, 1.807) is 42.5 Å². The molecule has 3 rings (SSSR count). The molecule has 0 aliphatic carbocycles. The van der Waals surface area contributed by atoms with Crippen LogP contribution in [0.3, 0.4) is 0 Å². The zero-order valence-electron chi connectivity index (χ0n) is 17.6. The summed E-state index contributed by atoms with van der Waals surface area (Å²) < 4.78 is 20.6. The van der Waals surface area contributed by atoms with E-state index in [4.69, 9.17) is 18.9 Å². The molecule has 2 aromatic carbocycles. The molecule has 0 fully saturated rings. The highest BCUT2D eigenvalue weighted by Crippen LogP contribution is 2.43. The van der Waals surface area contributed by atoms with Gasteiger partial charge in [0.25, 0.3) is 0 Å². The number of carbonyl (C=O) groups is 1. The van der Waals surface area contributed by atoms with Gasteiger partial charge in [-0.2, -0.15) is 0 Å². The molecule has 9 nitrogen and oxygen atoms in total. The Kier molecular flexibility index (Phi) is 6.44. The summed E-state index contributed by atoms with van der Waals surface area (Å²) in [5.41, 5.74) is 1.76. The second-order valence-corrected chi connectivity index (χ2v) is 6.54. The Morgan fingerprint density at radius 1 is 0.903 bits per heavy atom. The Morgan fingerprint density at radius 2 is 1.48 bits per heavy atom. The molecule has 1 aromatic heterocycles. The van der Waals surface area contributed by atoms with Crippen molar-refractivity contribution >= 4 is 11.7 Å². The normalized spacial score (nSPS) is 10.5. The van der Waals surface area contributed by atoms with Gasteiger partial charge >= 0.3 is 11.7 Å². The molecule has 0 saturated carbocycles. The Balaban J connectivity index is 2.29. The van der Waals surface area contributed by atoms with Crippen LogP contribution < -0.4 is 14.2 Å². The Hall–Kier alpha value is -4.01. The number of hydrogen-bond donors (Lipinski definition) is 1. The second-order valence-electron chi connectivity index (χ2n) is 6.54. The Morgan fingerprint density at radius 3 is 1.97 bits per heavy atom. The second kappa shape index (κ2) is 9.21. The van der Waals surface area contributed by atoms with E-state index in [1.807, 2.05) is 0 Å². The van der Waals surface area contributed by atoms with Crippen molar-refractivity contribution in [3.8, 4) is 39.6 Å². The van der Waals surface area contributed by atoms with E-state index in [0.717, 1.165) is 0 Å². The van der Waals surface area contributed by atoms with Crippen LogP contribution in [0.2, 0.25) is 0 Å². The van der Waals surface area contributed by atoms with Gasteiger partial charge in [-0.05, 0) is 29.8 Å². The fourth-order valence-corrected chi connectivity index (χ4v) is 3.30. The SMILES string of the molecule is COC(=O)Cc1[nH]c(-c2cc(OC)cc(OC)c2)c([N+](=O)[O-])c1-c1ccc(OC)cc1.